The van der Waals surface area contributed by atoms with Crippen molar-refractivity contribution in [2.75, 3.05) is 13.2 Å². The molecule has 1 fully saturated rings. The summed E-state index contributed by atoms with van der Waals surface area (Å²) >= 11 is 0. The molecule has 1 unspecified atom stereocenters. The van der Waals surface area contributed by atoms with Gasteiger partial charge in [-0.25, -0.2) is 0 Å². The molecule has 0 spiro atoms. The minimum absolute atomic E-state index is 0.662. The topological polar surface area (TPSA) is 12.5 Å². The van der Waals surface area contributed by atoms with E-state index in [9.17, 15) is 0 Å². The summed E-state index contributed by atoms with van der Waals surface area (Å²) in [5.74, 6) is 0. The lowest BCUT2D eigenvalue weighted by Gasteiger charge is -2.34. The summed E-state index contributed by atoms with van der Waals surface area (Å²) in [6, 6.07) is 0.662. The molecule has 0 aromatic rings. The van der Waals surface area contributed by atoms with Gasteiger partial charge in [0.2, 0.25) is 0 Å². The predicted molar refractivity (Wildman–Crippen MR) is 48.7 cm³/mol. The van der Waals surface area contributed by atoms with Gasteiger partial charge in [-0.05, 0) is 12.8 Å². The van der Waals surface area contributed by atoms with Crippen molar-refractivity contribution in [1.29, 1.82) is 0 Å². The van der Waals surface area contributed by atoms with Crippen LogP contribution in [0.3, 0.4) is 0 Å². The Hall–Kier alpha value is -0.660. The molecule has 2 heteroatoms. The van der Waals surface area contributed by atoms with Crippen LogP contribution in [-0.2, 0) is 4.74 Å². The number of rotatable bonds is 0. The first-order chi connectivity index (χ1) is 5.97. The van der Waals surface area contributed by atoms with Gasteiger partial charge in [-0.15, -0.1) is 0 Å². The standard InChI is InChI=1S/C10H17NO/c1-2-4-6-11-7-8-12-9-10(11)5-3-1/h7-8,10H,1-6,9H2. The molecule has 2 heterocycles. The fraction of sp³-hybridized carbons (Fsp3) is 0.800. The van der Waals surface area contributed by atoms with Crippen LogP contribution in [0.1, 0.15) is 32.1 Å². The maximum absolute atomic E-state index is 5.31. The molecule has 68 valence electrons. The van der Waals surface area contributed by atoms with E-state index in [-0.39, 0.29) is 0 Å². The Labute approximate surface area is 74.2 Å². The SMILES string of the molecule is C1=CN2CCCCCCC2CO1. The molecule has 0 N–H and O–H groups in total. The van der Waals surface area contributed by atoms with Crippen molar-refractivity contribution in [3.05, 3.63) is 12.5 Å². The van der Waals surface area contributed by atoms with Gasteiger partial charge < -0.3 is 9.64 Å². The third-order valence-corrected chi connectivity index (χ3v) is 2.81. The summed E-state index contributed by atoms with van der Waals surface area (Å²) in [4.78, 5) is 2.45. The molecule has 0 aromatic heterocycles. The minimum Gasteiger partial charge on any atom is -0.498 e. The number of hydrogen-bond acceptors (Lipinski definition) is 2. The average molecular weight is 167 g/mol. The molecular weight excluding hydrogens is 150 g/mol. The predicted octanol–water partition coefficient (Wildman–Crippen LogP) is 2.12. The van der Waals surface area contributed by atoms with Gasteiger partial charge in [0, 0.05) is 12.7 Å². The Morgan fingerprint density at radius 2 is 2.08 bits per heavy atom. The summed E-state index contributed by atoms with van der Waals surface area (Å²) in [6.45, 7) is 2.13. The first-order valence-corrected chi connectivity index (χ1v) is 5.01. The van der Waals surface area contributed by atoms with Crippen molar-refractivity contribution >= 4 is 0 Å². The molecule has 12 heavy (non-hydrogen) atoms. The largest absolute Gasteiger partial charge is 0.498 e. The van der Waals surface area contributed by atoms with Crippen molar-refractivity contribution < 1.29 is 4.74 Å². The van der Waals surface area contributed by atoms with E-state index >= 15 is 0 Å². The van der Waals surface area contributed by atoms with E-state index in [1.807, 2.05) is 6.26 Å². The molecule has 2 nitrogen and oxygen atoms in total. The third kappa shape index (κ3) is 1.74. The highest BCUT2D eigenvalue weighted by atomic mass is 16.5. The molecule has 0 radical (unpaired) electrons. The summed E-state index contributed by atoms with van der Waals surface area (Å²) in [5.41, 5.74) is 0. The van der Waals surface area contributed by atoms with Gasteiger partial charge in [0.1, 0.15) is 6.61 Å². The summed E-state index contributed by atoms with van der Waals surface area (Å²) in [7, 11) is 0. The van der Waals surface area contributed by atoms with Crippen molar-refractivity contribution in [2.45, 2.75) is 38.1 Å². The van der Waals surface area contributed by atoms with Crippen molar-refractivity contribution in [1.82, 2.24) is 4.90 Å². The molecule has 2 aliphatic heterocycles. The van der Waals surface area contributed by atoms with Gasteiger partial charge in [-0.2, -0.15) is 0 Å². The molecule has 1 saturated heterocycles. The highest BCUT2D eigenvalue weighted by Crippen LogP contribution is 2.19. The molecular formula is C10H17NO. The van der Waals surface area contributed by atoms with Crippen LogP contribution in [0.5, 0.6) is 0 Å². The van der Waals surface area contributed by atoms with Crippen molar-refractivity contribution in [3.8, 4) is 0 Å². The molecule has 0 saturated carbocycles. The van der Waals surface area contributed by atoms with E-state index in [1.165, 1.54) is 38.6 Å². The van der Waals surface area contributed by atoms with Crippen LogP contribution < -0.4 is 0 Å². The highest BCUT2D eigenvalue weighted by Gasteiger charge is 2.19. The Balaban J connectivity index is 1.96. The second-order valence-corrected chi connectivity index (χ2v) is 3.71. The average Bonchev–Trinajstić information content (AvgIpc) is 2.06. The summed E-state index contributed by atoms with van der Waals surface area (Å²) in [6.07, 6.45) is 10.8. The van der Waals surface area contributed by atoms with E-state index in [4.69, 9.17) is 4.74 Å². The molecule has 0 bridgehead atoms. The first kappa shape index (κ1) is 7.96. The maximum atomic E-state index is 5.31. The molecule has 2 rings (SSSR count). The van der Waals surface area contributed by atoms with Gasteiger partial charge in [0.15, 0.2) is 0 Å². The van der Waals surface area contributed by atoms with Crippen LogP contribution in [0.4, 0.5) is 0 Å². The Morgan fingerprint density at radius 3 is 3.08 bits per heavy atom. The summed E-state index contributed by atoms with van der Waals surface area (Å²) in [5, 5.41) is 0. The lowest BCUT2D eigenvalue weighted by atomic mass is 10.0. The van der Waals surface area contributed by atoms with E-state index in [0.717, 1.165) is 6.61 Å². The normalized spacial score (nSPS) is 30.0. The fourth-order valence-corrected chi connectivity index (χ4v) is 2.04. The van der Waals surface area contributed by atoms with Gasteiger partial charge in [0.25, 0.3) is 0 Å². The van der Waals surface area contributed by atoms with E-state index < -0.39 is 0 Å². The van der Waals surface area contributed by atoms with Crippen LogP contribution >= 0.6 is 0 Å². The van der Waals surface area contributed by atoms with Gasteiger partial charge >= 0.3 is 0 Å². The number of ether oxygens (including phenoxy) is 1. The van der Waals surface area contributed by atoms with Gasteiger partial charge in [-0.1, -0.05) is 19.3 Å². The summed E-state index contributed by atoms with van der Waals surface area (Å²) < 4.78 is 5.31. The molecule has 0 amide bonds. The van der Waals surface area contributed by atoms with Crippen LogP contribution in [0, 0.1) is 0 Å². The number of nitrogens with zero attached hydrogens (tertiary/aromatic N) is 1. The zero-order chi connectivity index (χ0) is 8.23. The monoisotopic (exact) mass is 167 g/mol. The fourth-order valence-electron chi connectivity index (χ4n) is 2.04. The van der Waals surface area contributed by atoms with E-state index in [0.29, 0.717) is 6.04 Å². The lowest BCUT2D eigenvalue weighted by molar-refractivity contribution is 0.0988. The van der Waals surface area contributed by atoms with Crippen molar-refractivity contribution in [2.24, 2.45) is 0 Å². The van der Waals surface area contributed by atoms with Crippen LogP contribution in [0.2, 0.25) is 0 Å². The molecule has 0 aliphatic carbocycles. The minimum atomic E-state index is 0.662. The number of fused-ring (bicyclic) bond motifs is 1. The first-order valence-electron chi connectivity index (χ1n) is 5.01. The zero-order valence-corrected chi connectivity index (χ0v) is 7.54. The highest BCUT2D eigenvalue weighted by molar-refractivity contribution is 4.88. The third-order valence-electron chi connectivity index (χ3n) is 2.81. The Bertz CT molecular complexity index is 167. The van der Waals surface area contributed by atoms with Crippen LogP contribution in [0.25, 0.3) is 0 Å². The smallest absolute Gasteiger partial charge is 0.108 e. The van der Waals surface area contributed by atoms with Crippen LogP contribution in [-0.4, -0.2) is 24.1 Å². The molecule has 2 aliphatic rings. The Kier molecular flexibility index (Phi) is 2.54. The second kappa shape index (κ2) is 3.83. The Morgan fingerprint density at radius 1 is 1.17 bits per heavy atom. The van der Waals surface area contributed by atoms with E-state index in [1.54, 1.807) is 0 Å². The van der Waals surface area contributed by atoms with Gasteiger partial charge in [0.05, 0.1) is 12.3 Å². The van der Waals surface area contributed by atoms with E-state index in [2.05, 4.69) is 11.1 Å². The molecule has 0 aromatic carbocycles. The zero-order valence-electron chi connectivity index (χ0n) is 7.54. The van der Waals surface area contributed by atoms with Crippen LogP contribution in [0.15, 0.2) is 12.5 Å². The lowest BCUT2D eigenvalue weighted by Crippen LogP contribution is -2.38. The number of hydrogen-bond donors (Lipinski definition) is 0. The van der Waals surface area contributed by atoms with Crippen molar-refractivity contribution in [3.63, 3.8) is 0 Å². The quantitative estimate of drug-likeness (QED) is 0.548. The maximum Gasteiger partial charge on any atom is 0.108 e. The van der Waals surface area contributed by atoms with Gasteiger partial charge in [-0.3, -0.25) is 0 Å². The molecule has 1 atom stereocenters. The second-order valence-electron chi connectivity index (χ2n) is 3.71.